The fourth-order valence-electron chi connectivity index (χ4n) is 4.25. The summed E-state index contributed by atoms with van der Waals surface area (Å²) >= 11 is 4.82. The standard InChI is InChI=1S/C24H26BrFN4O5S/c1-13(23(31)32)9-15-11-30(6-7-35-15)12-18-19(24(33)34-2)20(16-4-3-14(26)10-17(16)25)29-21(28-18)22-27-5-8-36-22/h3-5,8,10,13,15,20H,6-7,9,11-12H2,1-2H3,(H,28,29)(H,31,32)/t13?,15-,20+/m1/s1. The molecule has 9 nitrogen and oxygen atoms in total. The minimum atomic E-state index is -0.864. The van der Waals surface area contributed by atoms with Crippen LogP contribution in [-0.4, -0.2) is 72.2 Å². The molecule has 2 aliphatic heterocycles. The molecule has 0 radical (unpaired) electrons. The lowest BCUT2D eigenvalue weighted by Gasteiger charge is -2.36. The maximum Gasteiger partial charge on any atom is 0.338 e. The largest absolute Gasteiger partial charge is 0.481 e. The van der Waals surface area contributed by atoms with Crippen LogP contribution in [0.2, 0.25) is 0 Å². The van der Waals surface area contributed by atoms with Gasteiger partial charge in [0, 0.05) is 41.4 Å². The molecule has 12 heteroatoms. The Balaban J connectivity index is 1.70. The topological polar surface area (TPSA) is 113 Å². The number of nitrogens with one attached hydrogen (secondary N) is 1. The van der Waals surface area contributed by atoms with Crippen molar-refractivity contribution in [2.75, 3.05) is 33.4 Å². The van der Waals surface area contributed by atoms with E-state index in [1.807, 2.05) is 5.38 Å². The lowest BCUT2D eigenvalue weighted by atomic mass is 9.95. The SMILES string of the molecule is COC(=O)C1=C(CN2CCO[C@H](CC(C)C(=O)O)C2)NC(c2nccs2)=N[C@H]1c1ccc(F)cc1Br. The number of thiazole rings is 1. The van der Waals surface area contributed by atoms with Crippen molar-refractivity contribution in [3.05, 3.63) is 61.9 Å². The van der Waals surface area contributed by atoms with Gasteiger partial charge in [0.15, 0.2) is 10.8 Å². The number of ether oxygens (including phenoxy) is 2. The third-order valence-electron chi connectivity index (χ3n) is 6.07. The van der Waals surface area contributed by atoms with E-state index in [0.717, 1.165) is 0 Å². The van der Waals surface area contributed by atoms with E-state index in [0.29, 0.717) is 64.8 Å². The maximum absolute atomic E-state index is 13.9. The highest BCUT2D eigenvalue weighted by molar-refractivity contribution is 9.10. The summed E-state index contributed by atoms with van der Waals surface area (Å²) in [5, 5.41) is 15.0. The third-order valence-corrected chi connectivity index (χ3v) is 7.53. The van der Waals surface area contributed by atoms with Gasteiger partial charge in [-0.25, -0.2) is 14.2 Å². The number of aliphatic carboxylic acids is 1. The number of rotatable bonds is 8. The lowest BCUT2D eigenvalue weighted by molar-refractivity contribution is -0.143. The van der Waals surface area contributed by atoms with Gasteiger partial charge in [0.05, 0.1) is 31.3 Å². The van der Waals surface area contributed by atoms with Crippen molar-refractivity contribution in [1.82, 2.24) is 15.2 Å². The number of benzene rings is 1. The quantitative estimate of drug-likeness (QED) is 0.457. The third kappa shape index (κ3) is 6.00. The number of morpholine rings is 1. The van der Waals surface area contributed by atoms with Gasteiger partial charge in [0.2, 0.25) is 0 Å². The Bertz CT molecular complexity index is 1190. The molecule has 2 aromatic rings. The summed E-state index contributed by atoms with van der Waals surface area (Å²) in [6, 6.07) is 3.50. The van der Waals surface area contributed by atoms with Gasteiger partial charge >= 0.3 is 11.9 Å². The number of carbonyl (C=O) groups excluding carboxylic acids is 1. The molecular formula is C24H26BrFN4O5S. The van der Waals surface area contributed by atoms with Crippen LogP contribution in [0, 0.1) is 11.7 Å². The van der Waals surface area contributed by atoms with Crippen LogP contribution >= 0.6 is 27.3 Å². The molecule has 1 aromatic carbocycles. The van der Waals surface area contributed by atoms with E-state index in [1.165, 1.54) is 30.6 Å². The number of nitrogens with zero attached hydrogens (tertiary/aromatic N) is 3. The number of carboxylic acids is 1. The van der Waals surface area contributed by atoms with Crippen molar-refractivity contribution in [2.24, 2.45) is 10.9 Å². The molecule has 0 saturated carbocycles. The monoisotopic (exact) mass is 580 g/mol. The van der Waals surface area contributed by atoms with Crippen molar-refractivity contribution in [2.45, 2.75) is 25.5 Å². The summed E-state index contributed by atoms with van der Waals surface area (Å²) in [5.41, 5.74) is 1.52. The smallest absolute Gasteiger partial charge is 0.338 e. The number of carbonyl (C=O) groups is 2. The van der Waals surface area contributed by atoms with E-state index in [-0.39, 0.29) is 6.10 Å². The van der Waals surface area contributed by atoms with E-state index in [9.17, 15) is 19.1 Å². The van der Waals surface area contributed by atoms with Gasteiger partial charge < -0.3 is 19.9 Å². The molecule has 2 N–H and O–H groups in total. The maximum atomic E-state index is 13.9. The van der Waals surface area contributed by atoms with Gasteiger partial charge in [-0.1, -0.05) is 28.9 Å². The summed E-state index contributed by atoms with van der Waals surface area (Å²) in [6.45, 7) is 3.56. The Hall–Kier alpha value is -2.67. The molecule has 0 aliphatic carbocycles. The van der Waals surface area contributed by atoms with Gasteiger partial charge in [0.1, 0.15) is 11.9 Å². The van der Waals surface area contributed by atoms with Crippen LogP contribution in [0.1, 0.15) is 30.0 Å². The fourth-order valence-corrected chi connectivity index (χ4v) is 5.41. The first kappa shape index (κ1) is 26.4. The summed E-state index contributed by atoms with van der Waals surface area (Å²) in [6.07, 6.45) is 1.81. The highest BCUT2D eigenvalue weighted by atomic mass is 79.9. The first-order chi connectivity index (χ1) is 17.3. The van der Waals surface area contributed by atoms with Crippen LogP contribution in [0.15, 0.2) is 50.5 Å². The van der Waals surface area contributed by atoms with Crippen LogP contribution < -0.4 is 5.32 Å². The van der Waals surface area contributed by atoms with E-state index in [1.54, 1.807) is 19.2 Å². The summed E-state index contributed by atoms with van der Waals surface area (Å²) in [5.74, 6) is -1.86. The molecule has 0 bridgehead atoms. The first-order valence-corrected chi connectivity index (χ1v) is 13.0. The van der Waals surface area contributed by atoms with Gasteiger partial charge in [-0.2, -0.15) is 0 Å². The number of aromatic nitrogens is 1. The number of esters is 1. The van der Waals surface area contributed by atoms with Crippen LogP contribution in [-0.2, 0) is 19.1 Å². The summed E-state index contributed by atoms with van der Waals surface area (Å²) < 4.78 is 25.3. The zero-order valence-electron chi connectivity index (χ0n) is 19.7. The molecule has 192 valence electrons. The Morgan fingerprint density at radius 2 is 2.25 bits per heavy atom. The van der Waals surface area contributed by atoms with Crippen molar-refractivity contribution in [3.63, 3.8) is 0 Å². The summed E-state index contributed by atoms with van der Waals surface area (Å²) in [7, 11) is 1.31. The highest BCUT2D eigenvalue weighted by Gasteiger charge is 2.35. The number of hydrogen-bond donors (Lipinski definition) is 2. The minimum Gasteiger partial charge on any atom is -0.481 e. The normalized spacial score (nSPS) is 21.5. The van der Waals surface area contributed by atoms with Crippen LogP contribution in [0.4, 0.5) is 4.39 Å². The Morgan fingerprint density at radius 1 is 1.44 bits per heavy atom. The molecule has 3 atom stereocenters. The van der Waals surface area contributed by atoms with E-state index < -0.39 is 29.7 Å². The van der Waals surface area contributed by atoms with Crippen LogP contribution in [0.3, 0.4) is 0 Å². The number of amidine groups is 1. The second-order valence-corrected chi connectivity index (χ2v) is 10.3. The average molecular weight is 581 g/mol. The summed E-state index contributed by atoms with van der Waals surface area (Å²) in [4.78, 5) is 35.6. The average Bonchev–Trinajstić information content (AvgIpc) is 3.38. The van der Waals surface area contributed by atoms with Crippen LogP contribution in [0.5, 0.6) is 0 Å². The van der Waals surface area contributed by atoms with Crippen molar-refractivity contribution in [1.29, 1.82) is 0 Å². The number of hydrogen-bond acceptors (Lipinski definition) is 9. The zero-order valence-corrected chi connectivity index (χ0v) is 22.1. The molecule has 0 spiro atoms. The molecular weight excluding hydrogens is 555 g/mol. The van der Waals surface area contributed by atoms with Gasteiger partial charge in [-0.3, -0.25) is 14.7 Å². The second kappa shape index (κ2) is 11.6. The first-order valence-electron chi connectivity index (χ1n) is 11.3. The molecule has 36 heavy (non-hydrogen) atoms. The molecule has 1 saturated heterocycles. The molecule has 2 aliphatic rings. The second-order valence-electron chi connectivity index (χ2n) is 8.60. The van der Waals surface area contributed by atoms with Crippen molar-refractivity contribution >= 4 is 45.0 Å². The van der Waals surface area contributed by atoms with Gasteiger partial charge in [-0.05, 0) is 24.1 Å². The number of aliphatic imine (C=N–C) groups is 1. The molecule has 0 amide bonds. The minimum absolute atomic E-state index is 0.246. The predicted molar refractivity (Wildman–Crippen MR) is 135 cm³/mol. The number of halogens is 2. The van der Waals surface area contributed by atoms with Crippen LogP contribution in [0.25, 0.3) is 0 Å². The highest BCUT2D eigenvalue weighted by Crippen LogP contribution is 2.37. The van der Waals surface area contributed by atoms with E-state index in [4.69, 9.17) is 14.5 Å². The lowest BCUT2D eigenvalue weighted by Crippen LogP contribution is -2.47. The van der Waals surface area contributed by atoms with E-state index >= 15 is 0 Å². The molecule has 1 unspecified atom stereocenters. The zero-order chi connectivity index (χ0) is 25.8. The van der Waals surface area contributed by atoms with Gasteiger partial charge in [-0.15, -0.1) is 11.3 Å². The fraction of sp³-hybridized carbons (Fsp3) is 0.417. The Labute approximate surface area is 220 Å². The number of carboxylic acid groups (broad SMARTS) is 1. The Kier molecular flexibility index (Phi) is 8.50. The predicted octanol–water partition coefficient (Wildman–Crippen LogP) is 3.37. The van der Waals surface area contributed by atoms with Gasteiger partial charge in [0.25, 0.3) is 0 Å². The number of methoxy groups -OCH3 is 1. The molecule has 1 fully saturated rings. The Morgan fingerprint density at radius 3 is 2.92 bits per heavy atom. The molecule has 1 aromatic heterocycles. The van der Waals surface area contributed by atoms with Crippen molar-refractivity contribution in [3.8, 4) is 0 Å². The molecule has 3 heterocycles. The van der Waals surface area contributed by atoms with Crippen molar-refractivity contribution < 1.29 is 28.6 Å². The van der Waals surface area contributed by atoms with E-state index in [2.05, 4.69) is 31.1 Å². The molecule has 4 rings (SSSR count).